The number of anilines is 1. The van der Waals surface area contributed by atoms with Gasteiger partial charge in [0, 0.05) is 12.6 Å². The van der Waals surface area contributed by atoms with Crippen LogP contribution in [0.5, 0.6) is 0 Å². The number of fused-ring (bicyclic) bond motifs is 1. The lowest BCUT2D eigenvalue weighted by Crippen LogP contribution is -2.13. The van der Waals surface area contributed by atoms with Crippen molar-refractivity contribution in [3.05, 3.63) is 41.8 Å². The van der Waals surface area contributed by atoms with Crippen LogP contribution in [0.3, 0.4) is 0 Å². The molecular weight excluding hydrogens is 290 g/mol. The quantitative estimate of drug-likeness (QED) is 0.762. The van der Waals surface area contributed by atoms with E-state index in [1.165, 1.54) is 0 Å². The van der Waals surface area contributed by atoms with E-state index in [4.69, 9.17) is 4.42 Å². The zero-order valence-corrected chi connectivity index (χ0v) is 13.7. The third kappa shape index (κ3) is 3.13. The molecule has 1 N–H and O–H groups in total. The molecule has 0 aromatic carbocycles. The fraction of sp³-hybridized carbons (Fsp3) is 0.333. The lowest BCUT2D eigenvalue weighted by atomic mass is 10.2. The number of nitrogens with one attached hydrogen (secondary N) is 1. The van der Waals surface area contributed by atoms with Crippen molar-refractivity contribution in [2.24, 2.45) is 0 Å². The molecule has 0 spiro atoms. The number of unbranched alkanes of at least 4 members (excludes halogenated alkanes) is 1. The molecule has 0 unspecified atom stereocenters. The Labute approximate surface area is 135 Å². The van der Waals surface area contributed by atoms with Crippen molar-refractivity contribution in [1.29, 1.82) is 0 Å². The number of pyridine rings is 1. The van der Waals surface area contributed by atoms with Crippen molar-refractivity contribution in [3.63, 3.8) is 0 Å². The monoisotopic (exact) mass is 311 g/mol. The van der Waals surface area contributed by atoms with Gasteiger partial charge in [-0.3, -0.25) is 9.20 Å². The van der Waals surface area contributed by atoms with E-state index in [-0.39, 0.29) is 5.91 Å². The number of imidazole rings is 1. The molecule has 3 aromatic heterocycles. The maximum absolute atomic E-state index is 12.2. The fourth-order valence-corrected chi connectivity index (χ4v) is 2.54. The first-order chi connectivity index (χ1) is 11.1. The van der Waals surface area contributed by atoms with Gasteiger partial charge >= 0.3 is 0 Å². The summed E-state index contributed by atoms with van der Waals surface area (Å²) in [6, 6.07) is 7.72. The first-order valence-corrected chi connectivity index (χ1v) is 7.94. The summed E-state index contributed by atoms with van der Waals surface area (Å²) in [6.45, 7) is 5.98. The number of hydrogen-bond donors (Lipinski definition) is 1. The van der Waals surface area contributed by atoms with E-state index in [2.05, 4.69) is 17.2 Å². The smallest absolute Gasteiger partial charge is 0.225 e. The van der Waals surface area contributed by atoms with E-state index in [9.17, 15) is 4.79 Å². The van der Waals surface area contributed by atoms with E-state index in [0.29, 0.717) is 23.7 Å². The van der Waals surface area contributed by atoms with E-state index < -0.39 is 0 Å². The molecule has 0 bridgehead atoms. The second-order valence-corrected chi connectivity index (χ2v) is 5.81. The SMILES string of the molecule is CCCCC(=O)Nc1c(-c2ccc(C)o2)nc2ccc(C)cn12. The third-order valence-electron chi connectivity index (χ3n) is 3.76. The van der Waals surface area contributed by atoms with E-state index >= 15 is 0 Å². The molecule has 0 aliphatic carbocycles. The molecule has 0 aliphatic rings. The molecule has 0 saturated carbocycles. The van der Waals surface area contributed by atoms with Crippen LogP contribution in [0.25, 0.3) is 17.1 Å². The van der Waals surface area contributed by atoms with Gasteiger partial charge in [0.25, 0.3) is 0 Å². The van der Waals surface area contributed by atoms with Crippen LogP contribution < -0.4 is 5.32 Å². The lowest BCUT2D eigenvalue weighted by molar-refractivity contribution is -0.116. The van der Waals surface area contributed by atoms with Crippen molar-refractivity contribution >= 4 is 17.4 Å². The second kappa shape index (κ2) is 6.28. The molecule has 120 valence electrons. The van der Waals surface area contributed by atoms with E-state index in [1.54, 1.807) is 0 Å². The highest BCUT2D eigenvalue weighted by Gasteiger charge is 2.18. The molecule has 0 radical (unpaired) electrons. The average Bonchev–Trinajstić information content (AvgIpc) is 3.09. The largest absolute Gasteiger partial charge is 0.460 e. The number of furan rings is 1. The molecular formula is C18H21N3O2. The Morgan fingerprint density at radius 1 is 1.26 bits per heavy atom. The van der Waals surface area contributed by atoms with Gasteiger partial charge in [-0.05, 0) is 44.0 Å². The number of aryl methyl sites for hydroxylation is 2. The Bertz CT molecular complexity index is 845. The summed E-state index contributed by atoms with van der Waals surface area (Å²) in [7, 11) is 0. The second-order valence-electron chi connectivity index (χ2n) is 5.81. The minimum Gasteiger partial charge on any atom is -0.460 e. The minimum absolute atomic E-state index is 0.000292. The van der Waals surface area contributed by atoms with Gasteiger partial charge in [-0.25, -0.2) is 4.98 Å². The summed E-state index contributed by atoms with van der Waals surface area (Å²) >= 11 is 0. The number of hydrogen-bond acceptors (Lipinski definition) is 3. The van der Waals surface area contributed by atoms with Gasteiger partial charge in [0.2, 0.25) is 5.91 Å². The molecule has 3 heterocycles. The van der Waals surface area contributed by atoms with Gasteiger partial charge in [0.05, 0.1) is 0 Å². The average molecular weight is 311 g/mol. The summed E-state index contributed by atoms with van der Waals surface area (Å²) in [6.07, 6.45) is 4.34. The number of rotatable bonds is 5. The van der Waals surface area contributed by atoms with Crippen LogP contribution in [0.1, 0.15) is 37.5 Å². The molecule has 1 amide bonds. The molecule has 5 nitrogen and oxygen atoms in total. The van der Waals surface area contributed by atoms with Crippen LogP contribution in [-0.4, -0.2) is 15.3 Å². The minimum atomic E-state index is -0.000292. The van der Waals surface area contributed by atoms with Gasteiger partial charge in [-0.2, -0.15) is 0 Å². The van der Waals surface area contributed by atoms with Gasteiger partial charge in [-0.15, -0.1) is 0 Å². The van der Waals surface area contributed by atoms with Crippen molar-refractivity contribution < 1.29 is 9.21 Å². The Morgan fingerprint density at radius 3 is 2.78 bits per heavy atom. The van der Waals surface area contributed by atoms with Gasteiger partial charge in [-0.1, -0.05) is 19.4 Å². The number of aromatic nitrogens is 2. The highest BCUT2D eigenvalue weighted by Crippen LogP contribution is 2.30. The summed E-state index contributed by atoms with van der Waals surface area (Å²) in [5.41, 5.74) is 2.54. The molecule has 3 aromatic rings. The highest BCUT2D eigenvalue weighted by atomic mass is 16.3. The van der Waals surface area contributed by atoms with Gasteiger partial charge in [0.1, 0.15) is 22.9 Å². The van der Waals surface area contributed by atoms with Crippen LogP contribution >= 0.6 is 0 Å². The normalized spacial score (nSPS) is 11.1. The Morgan fingerprint density at radius 2 is 2.09 bits per heavy atom. The van der Waals surface area contributed by atoms with E-state index in [1.807, 2.05) is 48.7 Å². The van der Waals surface area contributed by atoms with Crippen LogP contribution in [-0.2, 0) is 4.79 Å². The number of nitrogens with zero attached hydrogens (tertiary/aromatic N) is 2. The highest BCUT2D eigenvalue weighted by molar-refractivity contribution is 5.94. The Hall–Kier alpha value is -2.56. The molecule has 5 heteroatoms. The number of carbonyl (C=O) groups is 1. The topological polar surface area (TPSA) is 59.5 Å². The molecule has 3 rings (SSSR count). The van der Waals surface area contributed by atoms with Crippen LogP contribution in [0.4, 0.5) is 5.82 Å². The molecule has 0 atom stereocenters. The Balaban J connectivity index is 2.07. The molecule has 0 fully saturated rings. The van der Waals surface area contributed by atoms with Crippen molar-refractivity contribution in [2.45, 2.75) is 40.0 Å². The molecule has 0 aliphatic heterocycles. The maximum Gasteiger partial charge on any atom is 0.225 e. The zero-order valence-electron chi connectivity index (χ0n) is 13.7. The van der Waals surface area contributed by atoms with Gasteiger partial charge in [0.15, 0.2) is 5.76 Å². The molecule has 0 saturated heterocycles. The summed E-state index contributed by atoms with van der Waals surface area (Å²) < 4.78 is 7.61. The van der Waals surface area contributed by atoms with Crippen LogP contribution in [0, 0.1) is 13.8 Å². The molecule has 23 heavy (non-hydrogen) atoms. The van der Waals surface area contributed by atoms with Crippen LogP contribution in [0.15, 0.2) is 34.9 Å². The van der Waals surface area contributed by atoms with E-state index in [0.717, 1.165) is 29.8 Å². The predicted octanol–water partition coefficient (Wildman–Crippen LogP) is 4.34. The van der Waals surface area contributed by atoms with Crippen molar-refractivity contribution in [2.75, 3.05) is 5.32 Å². The predicted molar refractivity (Wildman–Crippen MR) is 90.5 cm³/mol. The zero-order chi connectivity index (χ0) is 16.4. The lowest BCUT2D eigenvalue weighted by Gasteiger charge is -2.07. The summed E-state index contributed by atoms with van der Waals surface area (Å²) in [5.74, 6) is 2.14. The first kappa shape index (κ1) is 15.3. The standard InChI is InChI=1S/C18H21N3O2/c1-4-5-6-16(22)20-18-17(14-9-8-13(3)23-14)19-15-10-7-12(2)11-21(15)18/h7-11H,4-6H2,1-3H3,(H,20,22). The fourth-order valence-electron chi connectivity index (χ4n) is 2.54. The summed E-state index contributed by atoms with van der Waals surface area (Å²) in [4.78, 5) is 16.8. The number of carbonyl (C=O) groups excluding carboxylic acids is 1. The Kier molecular flexibility index (Phi) is 4.19. The van der Waals surface area contributed by atoms with Crippen molar-refractivity contribution in [3.8, 4) is 11.5 Å². The first-order valence-electron chi connectivity index (χ1n) is 7.94. The van der Waals surface area contributed by atoms with Gasteiger partial charge < -0.3 is 9.73 Å². The third-order valence-corrected chi connectivity index (χ3v) is 3.76. The van der Waals surface area contributed by atoms with Crippen LogP contribution in [0.2, 0.25) is 0 Å². The van der Waals surface area contributed by atoms with Crippen molar-refractivity contribution in [1.82, 2.24) is 9.38 Å². The summed E-state index contributed by atoms with van der Waals surface area (Å²) in [5, 5.41) is 3.00. The maximum atomic E-state index is 12.2. The number of amides is 1.